The summed E-state index contributed by atoms with van der Waals surface area (Å²) in [6.07, 6.45) is 0. The van der Waals surface area contributed by atoms with Crippen LogP contribution in [0.4, 0.5) is 0 Å². The van der Waals surface area contributed by atoms with E-state index in [1.54, 1.807) is 0 Å². The van der Waals surface area contributed by atoms with Crippen LogP contribution in [0.5, 0.6) is 0 Å². The number of hydrogen-bond donors (Lipinski definition) is 0. The van der Waals surface area contributed by atoms with Crippen molar-refractivity contribution in [2.75, 3.05) is 0 Å². The Kier molecular flexibility index (Phi) is 4.60. The predicted octanol–water partition coefficient (Wildman–Crippen LogP) is 6.72. The summed E-state index contributed by atoms with van der Waals surface area (Å²) in [6.45, 7) is 0. The van der Waals surface area contributed by atoms with Crippen LogP contribution in [0.15, 0.2) is 115 Å². The Labute approximate surface area is 159 Å². The summed E-state index contributed by atoms with van der Waals surface area (Å²) in [5, 5.41) is 0.745. The third-order valence-corrected chi connectivity index (χ3v) is 5.11. The second-order valence-corrected chi connectivity index (χ2v) is 6.79. The van der Waals surface area contributed by atoms with E-state index in [0.29, 0.717) is 0 Å². The largest absolute Gasteiger partial charge is 0.0843 e. The summed E-state index contributed by atoms with van der Waals surface area (Å²) in [5.41, 5.74) is 4.40. The van der Waals surface area contributed by atoms with Crippen molar-refractivity contribution in [2.45, 2.75) is 5.41 Å². The van der Waals surface area contributed by atoms with E-state index in [0.717, 1.165) is 10.6 Å². The average molecular weight is 355 g/mol. The summed E-state index contributed by atoms with van der Waals surface area (Å²) in [7, 11) is 0. The molecule has 0 bridgehead atoms. The van der Waals surface area contributed by atoms with Gasteiger partial charge in [-0.2, -0.15) is 0 Å². The van der Waals surface area contributed by atoms with Gasteiger partial charge in [-0.25, -0.2) is 0 Å². The van der Waals surface area contributed by atoms with Crippen molar-refractivity contribution >= 4 is 11.6 Å². The lowest BCUT2D eigenvalue weighted by molar-refractivity contribution is 0.745. The van der Waals surface area contributed by atoms with Crippen molar-refractivity contribution < 1.29 is 0 Å². The van der Waals surface area contributed by atoms with Crippen LogP contribution in [0.1, 0.15) is 22.3 Å². The van der Waals surface area contributed by atoms with Gasteiger partial charge >= 0.3 is 0 Å². The second-order valence-electron chi connectivity index (χ2n) is 6.36. The minimum Gasteiger partial charge on any atom is -0.0843 e. The molecule has 1 heteroatoms. The van der Waals surface area contributed by atoms with Crippen LogP contribution < -0.4 is 0 Å². The summed E-state index contributed by atoms with van der Waals surface area (Å²) < 4.78 is 0. The Hall–Kier alpha value is -2.83. The van der Waals surface area contributed by atoms with Gasteiger partial charge in [-0.05, 0) is 34.4 Å². The smallest absolute Gasteiger partial charge is 0.0702 e. The van der Waals surface area contributed by atoms with Crippen LogP contribution in [0.25, 0.3) is 0 Å². The molecule has 0 fully saturated rings. The van der Waals surface area contributed by atoms with Crippen LogP contribution >= 0.6 is 11.6 Å². The standard InChI is InChI=1S/C25H19Cl/c26-24-18-10-17-23(19-24)25(20-11-4-1-5-12-20,21-13-6-2-7-14-21)22-15-8-3-9-16-22/h1-19H. The molecule has 0 spiro atoms. The zero-order valence-electron chi connectivity index (χ0n) is 14.3. The molecule has 0 atom stereocenters. The third-order valence-electron chi connectivity index (χ3n) is 4.88. The highest BCUT2D eigenvalue weighted by Gasteiger charge is 2.38. The summed E-state index contributed by atoms with van der Waals surface area (Å²) in [6, 6.07) is 40.1. The molecule has 26 heavy (non-hydrogen) atoms. The fourth-order valence-corrected chi connectivity index (χ4v) is 3.98. The van der Waals surface area contributed by atoms with E-state index in [1.165, 1.54) is 16.7 Å². The minimum absolute atomic E-state index is 0.422. The second kappa shape index (κ2) is 7.19. The van der Waals surface area contributed by atoms with Gasteiger partial charge < -0.3 is 0 Å². The van der Waals surface area contributed by atoms with E-state index >= 15 is 0 Å². The maximum absolute atomic E-state index is 6.41. The number of rotatable bonds is 4. The molecule has 0 saturated carbocycles. The van der Waals surface area contributed by atoms with Crippen molar-refractivity contribution in [3.05, 3.63) is 143 Å². The van der Waals surface area contributed by atoms with E-state index in [9.17, 15) is 0 Å². The molecule has 0 saturated heterocycles. The van der Waals surface area contributed by atoms with Crippen molar-refractivity contribution in [2.24, 2.45) is 0 Å². The molecular formula is C25H19Cl. The number of halogens is 1. The fourth-order valence-electron chi connectivity index (χ4n) is 3.79. The van der Waals surface area contributed by atoms with Crippen molar-refractivity contribution in [1.29, 1.82) is 0 Å². The molecule has 4 rings (SSSR count). The van der Waals surface area contributed by atoms with Crippen LogP contribution in [0.3, 0.4) is 0 Å². The lowest BCUT2D eigenvalue weighted by atomic mass is 9.65. The molecule has 0 N–H and O–H groups in total. The number of benzene rings is 4. The van der Waals surface area contributed by atoms with Crippen LogP contribution in [-0.2, 0) is 5.41 Å². The van der Waals surface area contributed by atoms with Gasteiger partial charge in [0.15, 0.2) is 0 Å². The monoisotopic (exact) mass is 354 g/mol. The molecule has 0 aromatic heterocycles. The molecular weight excluding hydrogens is 336 g/mol. The normalized spacial score (nSPS) is 11.3. The Morgan fingerprint density at radius 3 is 1.19 bits per heavy atom. The summed E-state index contributed by atoms with van der Waals surface area (Å²) in [5.74, 6) is 0. The van der Waals surface area contributed by atoms with Gasteiger partial charge in [-0.15, -0.1) is 0 Å². The SMILES string of the molecule is Clc1cccc(C(c2ccccc2)(c2ccccc2)c2ccccc2)c1. The Balaban J connectivity index is 2.14. The van der Waals surface area contributed by atoms with E-state index < -0.39 is 5.41 Å². The van der Waals surface area contributed by atoms with Crippen molar-refractivity contribution in [1.82, 2.24) is 0 Å². The van der Waals surface area contributed by atoms with Gasteiger partial charge in [0.05, 0.1) is 5.41 Å². The van der Waals surface area contributed by atoms with Gasteiger partial charge in [0.2, 0.25) is 0 Å². The van der Waals surface area contributed by atoms with Crippen molar-refractivity contribution in [3.63, 3.8) is 0 Å². The molecule has 0 aliphatic heterocycles. The van der Waals surface area contributed by atoms with E-state index in [4.69, 9.17) is 11.6 Å². The average Bonchev–Trinajstić information content (AvgIpc) is 2.71. The quantitative estimate of drug-likeness (QED) is 0.357. The molecule has 0 radical (unpaired) electrons. The fraction of sp³-hybridized carbons (Fsp3) is 0.0400. The van der Waals surface area contributed by atoms with E-state index in [-0.39, 0.29) is 0 Å². The number of hydrogen-bond acceptors (Lipinski definition) is 0. The van der Waals surface area contributed by atoms with E-state index in [1.807, 2.05) is 12.1 Å². The van der Waals surface area contributed by atoms with Gasteiger partial charge in [0.25, 0.3) is 0 Å². The highest BCUT2D eigenvalue weighted by molar-refractivity contribution is 6.30. The van der Waals surface area contributed by atoms with Gasteiger partial charge in [0.1, 0.15) is 0 Å². The molecule has 126 valence electrons. The molecule has 4 aromatic rings. The predicted molar refractivity (Wildman–Crippen MR) is 110 cm³/mol. The van der Waals surface area contributed by atoms with Crippen LogP contribution in [0.2, 0.25) is 5.02 Å². The molecule has 0 aliphatic rings. The highest BCUT2D eigenvalue weighted by Crippen LogP contribution is 2.45. The van der Waals surface area contributed by atoms with Gasteiger partial charge in [-0.1, -0.05) is 115 Å². The summed E-state index contributed by atoms with van der Waals surface area (Å²) in [4.78, 5) is 0. The first kappa shape index (κ1) is 16.6. The maximum Gasteiger partial charge on any atom is 0.0702 e. The van der Waals surface area contributed by atoms with E-state index in [2.05, 4.69) is 103 Å². The molecule has 0 heterocycles. The molecule has 0 unspecified atom stereocenters. The van der Waals surface area contributed by atoms with Gasteiger partial charge in [0, 0.05) is 5.02 Å². The zero-order chi connectivity index (χ0) is 17.8. The van der Waals surface area contributed by atoms with Crippen molar-refractivity contribution in [3.8, 4) is 0 Å². The maximum atomic E-state index is 6.41. The third kappa shape index (κ3) is 2.83. The topological polar surface area (TPSA) is 0 Å². The lowest BCUT2D eigenvalue weighted by Gasteiger charge is -2.36. The first-order chi connectivity index (χ1) is 12.8. The first-order valence-electron chi connectivity index (χ1n) is 8.74. The highest BCUT2D eigenvalue weighted by atomic mass is 35.5. The first-order valence-corrected chi connectivity index (χ1v) is 9.12. The van der Waals surface area contributed by atoms with Crippen LogP contribution in [0, 0.1) is 0 Å². The molecule has 0 aliphatic carbocycles. The minimum atomic E-state index is -0.422. The molecule has 0 nitrogen and oxygen atoms in total. The Morgan fingerprint density at radius 1 is 0.423 bits per heavy atom. The molecule has 4 aromatic carbocycles. The summed E-state index contributed by atoms with van der Waals surface area (Å²) >= 11 is 6.41. The zero-order valence-corrected chi connectivity index (χ0v) is 15.1. The Bertz CT molecular complexity index is 879. The lowest BCUT2D eigenvalue weighted by Crippen LogP contribution is -2.30. The van der Waals surface area contributed by atoms with Crippen LogP contribution in [-0.4, -0.2) is 0 Å². The van der Waals surface area contributed by atoms with Gasteiger partial charge in [-0.3, -0.25) is 0 Å². The molecule has 0 amide bonds. The Morgan fingerprint density at radius 2 is 0.808 bits per heavy atom.